The van der Waals surface area contributed by atoms with Crippen LogP contribution in [-0.2, 0) is 6.42 Å². The van der Waals surface area contributed by atoms with Crippen molar-refractivity contribution in [3.8, 4) is 5.75 Å². The predicted molar refractivity (Wildman–Crippen MR) is 67.9 cm³/mol. The molecular weight excluding hydrogens is 238 g/mol. The van der Waals surface area contributed by atoms with E-state index >= 15 is 0 Å². The minimum absolute atomic E-state index is 0.00235. The molecule has 0 fully saturated rings. The van der Waals surface area contributed by atoms with Gasteiger partial charge in [0.2, 0.25) is 0 Å². The van der Waals surface area contributed by atoms with Crippen LogP contribution in [0.15, 0.2) is 18.2 Å². The van der Waals surface area contributed by atoms with Crippen molar-refractivity contribution in [1.29, 1.82) is 0 Å². The summed E-state index contributed by atoms with van der Waals surface area (Å²) in [5, 5.41) is 2.83. The standard InChI is InChI=1S/C13H16ClNO2/c14-7-1-2-9-17-12-5-3-4-11-10(12)6-8-15-13(11)16/h3-5H,1-2,6-9H2,(H,15,16). The van der Waals surface area contributed by atoms with Crippen molar-refractivity contribution in [1.82, 2.24) is 5.32 Å². The van der Waals surface area contributed by atoms with E-state index < -0.39 is 0 Å². The van der Waals surface area contributed by atoms with E-state index in [0.29, 0.717) is 19.0 Å². The fourth-order valence-corrected chi connectivity index (χ4v) is 2.14. The Kier molecular flexibility index (Phi) is 4.26. The number of amides is 1. The van der Waals surface area contributed by atoms with E-state index in [4.69, 9.17) is 16.3 Å². The molecule has 92 valence electrons. The Morgan fingerprint density at radius 3 is 3.06 bits per heavy atom. The molecule has 0 aromatic heterocycles. The summed E-state index contributed by atoms with van der Waals surface area (Å²) < 4.78 is 5.72. The Labute approximate surface area is 106 Å². The highest BCUT2D eigenvalue weighted by Gasteiger charge is 2.19. The topological polar surface area (TPSA) is 38.3 Å². The minimum Gasteiger partial charge on any atom is -0.493 e. The van der Waals surface area contributed by atoms with Gasteiger partial charge in [0.05, 0.1) is 6.61 Å². The van der Waals surface area contributed by atoms with E-state index in [1.54, 1.807) is 0 Å². The second-order valence-electron chi connectivity index (χ2n) is 4.03. The molecular formula is C13H16ClNO2. The number of benzene rings is 1. The number of hydrogen-bond acceptors (Lipinski definition) is 2. The Hall–Kier alpha value is -1.22. The van der Waals surface area contributed by atoms with Gasteiger partial charge in [0.1, 0.15) is 5.75 Å². The minimum atomic E-state index is -0.00235. The molecule has 0 unspecified atom stereocenters. The van der Waals surface area contributed by atoms with E-state index in [1.165, 1.54) is 0 Å². The fourth-order valence-electron chi connectivity index (χ4n) is 1.95. The Bertz CT molecular complexity index is 406. The highest BCUT2D eigenvalue weighted by atomic mass is 35.5. The molecule has 1 N–H and O–H groups in total. The summed E-state index contributed by atoms with van der Waals surface area (Å²) in [7, 11) is 0. The van der Waals surface area contributed by atoms with Gasteiger partial charge >= 0.3 is 0 Å². The van der Waals surface area contributed by atoms with Crippen molar-refractivity contribution in [3.63, 3.8) is 0 Å². The normalized spacial score (nSPS) is 14.1. The van der Waals surface area contributed by atoms with E-state index in [-0.39, 0.29) is 5.91 Å². The van der Waals surface area contributed by atoms with Crippen molar-refractivity contribution in [2.45, 2.75) is 19.3 Å². The van der Waals surface area contributed by atoms with Crippen molar-refractivity contribution in [2.75, 3.05) is 19.0 Å². The highest BCUT2D eigenvalue weighted by molar-refractivity contribution is 6.17. The first-order valence-corrected chi connectivity index (χ1v) is 6.45. The van der Waals surface area contributed by atoms with Crippen LogP contribution in [0.3, 0.4) is 0 Å². The second-order valence-corrected chi connectivity index (χ2v) is 4.41. The first kappa shape index (κ1) is 12.2. The molecule has 17 heavy (non-hydrogen) atoms. The van der Waals surface area contributed by atoms with Crippen molar-refractivity contribution in [2.24, 2.45) is 0 Å². The van der Waals surface area contributed by atoms with Gasteiger partial charge in [-0.1, -0.05) is 6.07 Å². The maximum atomic E-state index is 11.6. The molecule has 0 aliphatic carbocycles. The molecule has 0 saturated carbocycles. The van der Waals surface area contributed by atoms with E-state index in [9.17, 15) is 4.79 Å². The summed E-state index contributed by atoms with van der Waals surface area (Å²) in [5.74, 6) is 1.50. The van der Waals surface area contributed by atoms with Gasteiger partial charge in [0, 0.05) is 23.6 Å². The van der Waals surface area contributed by atoms with Crippen LogP contribution in [0.25, 0.3) is 0 Å². The molecule has 1 aliphatic rings. The maximum absolute atomic E-state index is 11.6. The van der Waals surface area contributed by atoms with Crippen molar-refractivity contribution in [3.05, 3.63) is 29.3 Å². The van der Waals surface area contributed by atoms with E-state index in [2.05, 4.69) is 5.32 Å². The quantitative estimate of drug-likeness (QED) is 0.646. The third-order valence-electron chi connectivity index (χ3n) is 2.82. The lowest BCUT2D eigenvalue weighted by atomic mass is 9.99. The summed E-state index contributed by atoms with van der Waals surface area (Å²) >= 11 is 5.61. The van der Waals surface area contributed by atoms with Crippen LogP contribution >= 0.6 is 11.6 Å². The number of carbonyl (C=O) groups excluding carboxylic acids is 1. The third kappa shape index (κ3) is 2.91. The fraction of sp³-hybridized carbons (Fsp3) is 0.462. The molecule has 1 amide bonds. The van der Waals surface area contributed by atoms with Crippen LogP contribution in [0.4, 0.5) is 0 Å². The van der Waals surface area contributed by atoms with Crippen molar-refractivity contribution < 1.29 is 9.53 Å². The van der Waals surface area contributed by atoms with Gasteiger partial charge < -0.3 is 10.1 Å². The molecule has 0 bridgehead atoms. The smallest absolute Gasteiger partial charge is 0.251 e. The highest BCUT2D eigenvalue weighted by Crippen LogP contribution is 2.25. The zero-order valence-corrected chi connectivity index (χ0v) is 10.4. The summed E-state index contributed by atoms with van der Waals surface area (Å²) in [6.07, 6.45) is 2.74. The molecule has 1 aromatic rings. The number of carbonyl (C=O) groups is 1. The number of hydrogen-bond donors (Lipinski definition) is 1. The molecule has 3 nitrogen and oxygen atoms in total. The van der Waals surface area contributed by atoms with Gasteiger partial charge in [0.25, 0.3) is 5.91 Å². The Morgan fingerprint density at radius 2 is 2.24 bits per heavy atom. The number of nitrogens with one attached hydrogen (secondary N) is 1. The van der Waals surface area contributed by atoms with E-state index in [0.717, 1.165) is 36.1 Å². The monoisotopic (exact) mass is 253 g/mol. The number of rotatable bonds is 5. The molecule has 2 rings (SSSR count). The Morgan fingerprint density at radius 1 is 1.35 bits per heavy atom. The zero-order valence-electron chi connectivity index (χ0n) is 9.67. The summed E-state index contributed by atoms with van der Waals surface area (Å²) in [4.78, 5) is 11.6. The second kappa shape index (κ2) is 5.92. The summed E-state index contributed by atoms with van der Waals surface area (Å²) in [6, 6.07) is 5.63. The third-order valence-corrected chi connectivity index (χ3v) is 3.09. The number of ether oxygens (including phenoxy) is 1. The lowest BCUT2D eigenvalue weighted by molar-refractivity contribution is 0.0945. The molecule has 0 spiro atoms. The lowest BCUT2D eigenvalue weighted by Gasteiger charge is -2.19. The first-order valence-electron chi connectivity index (χ1n) is 5.92. The van der Waals surface area contributed by atoms with Crippen LogP contribution in [0, 0.1) is 0 Å². The van der Waals surface area contributed by atoms with Gasteiger partial charge in [-0.15, -0.1) is 11.6 Å². The molecule has 1 aromatic carbocycles. The van der Waals surface area contributed by atoms with Crippen LogP contribution in [0.1, 0.15) is 28.8 Å². The van der Waals surface area contributed by atoms with E-state index in [1.807, 2.05) is 18.2 Å². The van der Waals surface area contributed by atoms with Crippen LogP contribution < -0.4 is 10.1 Å². The van der Waals surface area contributed by atoms with Crippen molar-refractivity contribution >= 4 is 17.5 Å². The first-order chi connectivity index (χ1) is 8.33. The average molecular weight is 254 g/mol. The predicted octanol–water partition coefficient (Wildman–Crippen LogP) is 2.37. The van der Waals surface area contributed by atoms with Gasteiger partial charge in [-0.05, 0) is 31.4 Å². The largest absolute Gasteiger partial charge is 0.493 e. The lowest BCUT2D eigenvalue weighted by Crippen LogP contribution is -2.32. The average Bonchev–Trinajstić information content (AvgIpc) is 2.36. The number of unbranched alkanes of at least 4 members (excludes halogenated alkanes) is 1. The van der Waals surface area contributed by atoms with Gasteiger partial charge in [-0.2, -0.15) is 0 Å². The summed E-state index contributed by atoms with van der Waals surface area (Å²) in [6.45, 7) is 1.35. The SMILES string of the molecule is O=C1NCCc2c(OCCCCCl)cccc21. The number of alkyl halides is 1. The zero-order chi connectivity index (χ0) is 12.1. The van der Waals surface area contributed by atoms with Crippen LogP contribution in [0.5, 0.6) is 5.75 Å². The maximum Gasteiger partial charge on any atom is 0.251 e. The van der Waals surface area contributed by atoms with Gasteiger partial charge in [0.15, 0.2) is 0 Å². The van der Waals surface area contributed by atoms with Crippen LogP contribution in [-0.4, -0.2) is 24.9 Å². The molecule has 4 heteroatoms. The van der Waals surface area contributed by atoms with Crippen LogP contribution in [0.2, 0.25) is 0 Å². The number of halogens is 1. The molecule has 0 radical (unpaired) electrons. The Balaban J connectivity index is 2.07. The molecule has 0 saturated heterocycles. The molecule has 0 atom stereocenters. The number of fused-ring (bicyclic) bond motifs is 1. The molecule has 1 aliphatic heterocycles. The van der Waals surface area contributed by atoms with Gasteiger partial charge in [-0.25, -0.2) is 0 Å². The molecule has 1 heterocycles. The summed E-state index contributed by atoms with van der Waals surface area (Å²) in [5.41, 5.74) is 1.77. The van der Waals surface area contributed by atoms with Gasteiger partial charge in [-0.3, -0.25) is 4.79 Å².